The van der Waals surface area contributed by atoms with Crippen LogP contribution in [-0.4, -0.2) is 105 Å². The molecule has 3 heterocycles. The van der Waals surface area contributed by atoms with E-state index in [9.17, 15) is 38.4 Å². The smallest absolute Gasteiger partial charge is 0.243 e. The number of H-pyrrole nitrogens is 2. The number of ketones is 2. The number of carbonyl (C=O) groups is 8. The van der Waals surface area contributed by atoms with Crippen molar-refractivity contribution in [2.24, 2.45) is 34.0 Å². The molecule has 20 nitrogen and oxygen atoms in total. The fourth-order valence-electron chi connectivity index (χ4n) is 8.73. The SMILES string of the molecule is NC(=O)[C@H](Cc1c[nH]c2ccccc12)NC(=O)[C@@H]1CCNC(=O)CC[C@H](NC(=O)CCc2ccccc2)C(=O)N[C@@H](Cc2cnc[nH]2)C(=O)N[C@H](Cc2ccccc2)C(=O)C[C@@H](CCCN=C(N)N)C(=O)C1. The fourth-order valence-corrected chi connectivity index (χ4v) is 8.73. The molecule has 0 spiro atoms. The molecule has 0 unspecified atom stereocenters. The molecule has 6 atom stereocenters. The molecule has 1 aliphatic rings. The third-order valence-electron chi connectivity index (χ3n) is 12.7. The first-order chi connectivity index (χ1) is 34.7. The van der Waals surface area contributed by atoms with Crippen molar-refractivity contribution in [1.29, 1.82) is 0 Å². The van der Waals surface area contributed by atoms with Gasteiger partial charge in [0.15, 0.2) is 11.7 Å². The molecule has 20 heteroatoms. The van der Waals surface area contributed by atoms with Crippen LogP contribution in [0.1, 0.15) is 73.8 Å². The molecule has 3 aromatic carbocycles. The number of Topliss-reactive ketones (excluding diaryl/α,β-unsaturated/α-hetero) is 2. The minimum absolute atomic E-state index is 0.0227. The predicted molar refractivity (Wildman–Crippen MR) is 269 cm³/mol. The van der Waals surface area contributed by atoms with Crippen molar-refractivity contribution < 1.29 is 38.4 Å². The molecule has 0 bridgehead atoms. The largest absolute Gasteiger partial charge is 0.370 e. The van der Waals surface area contributed by atoms with Gasteiger partial charge in [0.25, 0.3) is 0 Å². The minimum Gasteiger partial charge on any atom is -0.370 e. The van der Waals surface area contributed by atoms with Gasteiger partial charge in [-0.2, -0.15) is 0 Å². The van der Waals surface area contributed by atoms with E-state index in [4.69, 9.17) is 17.2 Å². The maximum absolute atomic E-state index is 14.7. The number of aromatic amines is 2. The van der Waals surface area contributed by atoms with Gasteiger partial charge >= 0.3 is 0 Å². The van der Waals surface area contributed by atoms with Crippen LogP contribution < -0.4 is 43.8 Å². The minimum atomic E-state index is -1.31. The van der Waals surface area contributed by atoms with E-state index in [1.807, 2.05) is 54.6 Å². The van der Waals surface area contributed by atoms with Gasteiger partial charge in [-0.05, 0) is 61.3 Å². The Kier molecular flexibility index (Phi) is 19.7. The van der Waals surface area contributed by atoms with Crippen molar-refractivity contribution in [2.45, 2.75) is 101 Å². The summed E-state index contributed by atoms with van der Waals surface area (Å²) in [6, 6.07) is 20.7. The number of imidazole rings is 1. The maximum atomic E-state index is 14.7. The summed E-state index contributed by atoms with van der Waals surface area (Å²) in [5, 5.41) is 14.7. The number of aryl methyl sites for hydroxylation is 1. The van der Waals surface area contributed by atoms with Gasteiger partial charge in [-0.1, -0.05) is 78.9 Å². The average Bonchev–Trinajstić information content (AvgIpc) is 4.04. The first kappa shape index (κ1) is 53.2. The van der Waals surface area contributed by atoms with Gasteiger partial charge in [-0.25, -0.2) is 4.98 Å². The second kappa shape index (κ2) is 26.7. The first-order valence-corrected chi connectivity index (χ1v) is 24.2. The van der Waals surface area contributed by atoms with E-state index in [0.717, 1.165) is 22.0 Å². The van der Waals surface area contributed by atoms with Crippen LogP contribution in [-0.2, 0) is 64.0 Å². The number of nitrogens with zero attached hydrogens (tertiary/aromatic N) is 2. The number of para-hydroxylation sites is 1. The lowest BCUT2D eigenvalue weighted by Gasteiger charge is -2.26. The monoisotopic (exact) mass is 984 g/mol. The van der Waals surface area contributed by atoms with Gasteiger partial charge in [0, 0.05) is 92.4 Å². The summed E-state index contributed by atoms with van der Waals surface area (Å²) in [7, 11) is 0. The molecule has 6 amide bonds. The zero-order valence-electron chi connectivity index (χ0n) is 40.1. The van der Waals surface area contributed by atoms with Crippen molar-refractivity contribution in [3.63, 3.8) is 0 Å². The Hall–Kier alpha value is -8.16. The molecular formula is C52H64N12O8. The molecule has 0 aliphatic carbocycles. The van der Waals surface area contributed by atoms with Gasteiger partial charge < -0.3 is 53.8 Å². The fraction of sp³-hybridized carbons (Fsp3) is 0.385. The second-order valence-corrected chi connectivity index (χ2v) is 18.1. The summed E-state index contributed by atoms with van der Waals surface area (Å²) in [4.78, 5) is 126. The number of amides is 6. The van der Waals surface area contributed by atoms with E-state index in [2.05, 4.69) is 46.5 Å². The summed E-state index contributed by atoms with van der Waals surface area (Å²) in [6.45, 7) is 0.0319. The van der Waals surface area contributed by atoms with Crippen molar-refractivity contribution in [3.8, 4) is 0 Å². The number of fused-ring (bicyclic) bond motifs is 1. The molecule has 1 aliphatic heterocycles. The van der Waals surface area contributed by atoms with Crippen molar-refractivity contribution in [3.05, 3.63) is 126 Å². The number of nitrogens with two attached hydrogens (primary N) is 3. The number of carbonyl (C=O) groups excluding carboxylic acids is 8. The predicted octanol–water partition coefficient (Wildman–Crippen LogP) is 1.48. The number of primary amides is 1. The van der Waals surface area contributed by atoms with Gasteiger partial charge in [-0.3, -0.25) is 43.3 Å². The molecule has 1 saturated heterocycles. The number of aliphatic imine (C=N–C) groups is 1. The average molecular weight is 985 g/mol. The standard InChI is InChI=1S/C52H64N12O8/c53-48(69)42(25-36-29-59-39-16-8-7-15-38(36)39)63-49(70)35-21-23-57-46(67)20-18-40(61-47(68)19-17-32-10-3-1-4-11-32)50(71)64-43(28-37-30-56-31-60-37)51(72)62-41(24-33-12-5-2-6-13-33)45(66)26-34(44(65)27-35)14-9-22-58-52(54)55/h1-8,10-13,15-16,29-31,34-35,40-43,59H,9,14,17-28H2,(H2,53,69)(H,56,60)(H,57,67)(H,61,68)(H,62,72)(H,63,70)(H,64,71)(H4,54,55,58)/t34-,35-,40+,41-,42+,43+/m1/s1. The molecule has 0 saturated carbocycles. The highest BCUT2D eigenvalue weighted by Gasteiger charge is 2.35. The van der Waals surface area contributed by atoms with Crippen LogP contribution in [0.15, 0.2) is 109 Å². The summed E-state index contributed by atoms with van der Waals surface area (Å²) >= 11 is 0. The molecule has 72 heavy (non-hydrogen) atoms. The van der Waals surface area contributed by atoms with Gasteiger partial charge in [-0.15, -0.1) is 0 Å². The Morgan fingerprint density at radius 2 is 1.49 bits per heavy atom. The van der Waals surface area contributed by atoms with Crippen LogP contribution in [0.3, 0.4) is 0 Å². The van der Waals surface area contributed by atoms with Gasteiger partial charge in [0.1, 0.15) is 23.9 Å². The van der Waals surface area contributed by atoms with Crippen LogP contribution in [0.5, 0.6) is 0 Å². The molecular weight excluding hydrogens is 921 g/mol. The topological polar surface area (TPSA) is 332 Å². The van der Waals surface area contributed by atoms with E-state index in [-0.39, 0.29) is 83.3 Å². The second-order valence-electron chi connectivity index (χ2n) is 18.1. The van der Waals surface area contributed by atoms with E-state index in [0.29, 0.717) is 17.7 Å². The van der Waals surface area contributed by atoms with Crippen LogP contribution >= 0.6 is 0 Å². The highest BCUT2D eigenvalue weighted by molar-refractivity contribution is 5.97. The lowest BCUT2D eigenvalue weighted by molar-refractivity contribution is -0.135. The molecule has 1 fully saturated rings. The van der Waals surface area contributed by atoms with Crippen LogP contribution in [0.4, 0.5) is 0 Å². The highest BCUT2D eigenvalue weighted by Crippen LogP contribution is 2.24. The van der Waals surface area contributed by atoms with Crippen molar-refractivity contribution in [1.82, 2.24) is 41.5 Å². The quantitative estimate of drug-likeness (QED) is 0.0361. The van der Waals surface area contributed by atoms with E-state index >= 15 is 0 Å². The number of hydrogen-bond acceptors (Lipinski definition) is 10. The van der Waals surface area contributed by atoms with Gasteiger partial charge in [0.05, 0.1) is 12.4 Å². The number of nitrogens with one attached hydrogen (secondary N) is 7. The first-order valence-electron chi connectivity index (χ1n) is 24.2. The number of rotatable bonds is 17. The van der Waals surface area contributed by atoms with Crippen LogP contribution in [0.25, 0.3) is 10.9 Å². The molecule has 380 valence electrons. The summed E-state index contributed by atoms with van der Waals surface area (Å²) in [6.07, 6.45) is 4.14. The Morgan fingerprint density at radius 3 is 2.19 bits per heavy atom. The summed E-state index contributed by atoms with van der Waals surface area (Å²) < 4.78 is 0. The zero-order chi connectivity index (χ0) is 51.4. The van der Waals surface area contributed by atoms with E-state index in [1.54, 1.807) is 36.5 Å². The van der Waals surface area contributed by atoms with Crippen molar-refractivity contribution >= 4 is 63.9 Å². The summed E-state index contributed by atoms with van der Waals surface area (Å²) in [5.41, 5.74) is 20.6. The normalized spacial score (nSPS) is 20.1. The third kappa shape index (κ3) is 16.5. The Bertz CT molecular complexity index is 2670. The lowest BCUT2D eigenvalue weighted by atomic mass is 9.84. The number of aromatic nitrogens is 3. The van der Waals surface area contributed by atoms with Crippen LogP contribution in [0, 0.1) is 11.8 Å². The zero-order valence-corrected chi connectivity index (χ0v) is 40.1. The van der Waals surface area contributed by atoms with Gasteiger partial charge in [0.2, 0.25) is 35.4 Å². The Balaban J connectivity index is 1.32. The molecule has 13 N–H and O–H groups in total. The molecule has 5 aromatic rings. The summed E-state index contributed by atoms with van der Waals surface area (Å²) in [5.74, 6) is -7.18. The molecule has 0 radical (unpaired) electrons. The van der Waals surface area contributed by atoms with Crippen molar-refractivity contribution in [2.75, 3.05) is 13.1 Å². The maximum Gasteiger partial charge on any atom is 0.243 e. The Morgan fingerprint density at radius 1 is 0.778 bits per heavy atom. The number of guanidine groups is 1. The molecule has 6 rings (SSSR count). The molecule has 2 aromatic heterocycles. The Labute approximate surface area is 416 Å². The number of benzene rings is 3. The van der Waals surface area contributed by atoms with E-state index < -0.39 is 89.4 Å². The van der Waals surface area contributed by atoms with Crippen LogP contribution in [0.2, 0.25) is 0 Å². The number of hydrogen-bond donors (Lipinski definition) is 10. The highest BCUT2D eigenvalue weighted by atomic mass is 16.2. The lowest BCUT2D eigenvalue weighted by Crippen LogP contribution is -2.57. The van der Waals surface area contributed by atoms with E-state index in [1.165, 1.54) is 12.5 Å². The third-order valence-corrected chi connectivity index (χ3v) is 12.7.